The average molecular weight is 556 g/mol. The summed E-state index contributed by atoms with van der Waals surface area (Å²) in [6, 6.07) is 13.0. The second-order valence-electron chi connectivity index (χ2n) is 8.95. The Morgan fingerprint density at radius 3 is 2.41 bits per heavy atom. The lowest BCUT2D eigenvalue weighted by Gasteiger charge is -2.20. The fourth-order valence-corrected chi connectivity index (χ4v) is 4.09. The molecule has 0 spiro atoms. The van der Waals surface area contributed by atoms with Gasteiger partial charge in [-0.25, -0.2) is 0 Å². The molecule has 0 aliphatic rings. The molecule has 3 amide bonds. The zero-order chi connectivity index (χ0) is 28.4. The third kappa shape index (κ3) is 8.94. The number of aromatic amines is 1. The number of hydrogen-bond donors (Lipinski definition) is 6. The highest BCUT2D eigenvalue weighted by Gasteiger charge is 2.23. The van der Waals surface area contributed by atoms with Crippen molar-refractivity contribution in [3.63, 3.8) is 0 Å². The van der Waals surface area contributed by atoms with Gasteiger partial charge in [-0.15, -0.1) is 0 Å². The molecule has 0 aliphatic heterocycles. The van der Waals surface area contributed by atoms with Gasteiger partial charge >= 0.3 is 5.97 Å². The van der Waals surface area contributed by atoms with Crippen LogP contribution in [0.3, 0.4) is 0 Å². The molecule has 3 rings (SSSR count). The molecule has 3 aromatic rings. The van der Waals surface area contributed by atoms with Crippen molar-refractivity contribution in [2.45, 2.75) is 37.8 Å². The van der Waals surface area contributed by atoms with E-state index in [1.807, 2.05) is 12.1 Å². The van der Waals surface area contributed by atoms with Crippen LogP contribution in [-0.2, 0) is 20.8 Å². The number of rotatable bonds is 13. The molecule has 0 saturated heterocycles. The summed E-state index contributed by atoms with van der Waals surface area (Å²) in [6.45, 7) is -0.250. The van der Waals surface area contributed by atoms with Crippen LogP contribution in [0.25, 0.3) is 10.9 Å². The van der Waals surface area contributed by atoms with Gasteiger partial charge in [0.2, 0.25) is 17.4 Å². The number of halogens is 1. The SMILES string of the molecule is N[C@@H](CCCCNC(=O)C(Cc1cc(=O)[nH]c2ccccc12)NC(=O)c1ccc(Cl)cc1)C(=O)NCC(=O)O. The molecule has 39 heavy (non-hydrogen) atoms. The molecule has 7 N–H and O–H groups in total. The number of carboxylic acids is 1. The fourth-order valence-electron chi connectivity index (χ4n) is 3.97. The molecule has 1 heterocycles. The van der Waals surface area contributed by atoms with Crippen LogP contribution < -0.4 is 27.2 Å². The standard InChI is InChI=1S/C27H30ClN5O6/c28-18-10-8-16(9-11-18)25(37)33-22(13-17-14-23(34)32-21-7-2-1-5-19(17)21)27(39)30-12-4-3-6-20(29)26(38)31-15-24(35)36/h1-2,5,7-11,14,20,22H,3-4,6,12-13,15,29H2,(H,30,39)(H,31,38)(H,32,34)(H,33,37)(H,35,36)/t20-,22?/m0/s1. The Kier molecular flexibility index (Phi) is 10.6. The van der Waals surface area contributed by atoms with E-state index in [0.29, 0.717) is 40.9 Å². The van der Waals surface area contributed by atoms with Crippen molar-refractivity contribution in [1.82, 2.24) is 20.9 Å². The number of H-pyrrole nitrogens is 1. The molecule has 0 radical (unpaired) electrons. The van der Waals surface area contributed by atoms with Gasteiger partial charge < -0.3 is 31.8 Å². The van der Waals surface area contributed by atoms with E-state index in [1.54, 1.807) is 36.4 Å². The highest BCUT2D eigenvalue weighted by molar-refractivity contribution is 6.30. The Morgan fingerprint density at radius 2 is 1.69 bits per heavy atom. The van der Waals surface area contributed by atoms with Gasteiger partial charge in [-0.3, -0.25) is 24.0 Å². The Hall–Kier alpha value is -4.22. The number of carbonyl (C=O) groups excluding carboxylic acids is 3. The molecule has 0 saturated carbocycles. The molecule has 1 unspecified atom stereocenters. The van der Waals surface area contributed by atoms with Crippen LogP contribution in [0, 0.1) is 0 Å². The van der Waals surface area contributed by atoms with E-state index in [0.717, 1.165) is 5.39 Å². The van der Waals surface area contributed by atoms with Crippen LogP contribution in [0.15, 0.2) is 59.4 Å². The average Bonchev–Trinajstić information content (AvgIpc) is 2.91. The maximum absolute atomic E-state index is 13.2. The normalized spacial score (nSPS) is 12.4. The smallest absolute Gasteiger partial charge is 0.322 e. The second-order valence-corrected chi connectivity index (χ2v) is 9.38. The van der Waals surface area contributed by atoms with Crippen LogP contribution in [-0.4, -0.2) is 59.0 Å². The van der Waals surface area contributed by atoms with E-state index in [9.17, 15) is 24.0 Å². The number of amides is 3. The number of nitrogens with two attached hydrogens (primary N) is 1. The van der Waals surface area contributed by atoms with Crippen molar-refractivity contribution >= 4 is 46.2 Å². The number of para-hydroxylation sites is 1. The number of aliphatic carboxylic acids is 1. The summed E-state index contributed by atoms with van der Waals surface area (Å²) in [5, 5.41) is 17.6. The first kappa shape index (κ1) is 29.3. The van der Waals surface area contributed by atoms with Crippen molar-refractivity contribution in [2.75, 3.05) is 13.1 Å². The molecule has 2 aromatic carbocycles. The lowest BCUT2D eigenvalue weighted by atomic mass is 10.0. The van der Waals surface area contributed by atoms with Gasteiger partial charge in [0, 0.05) is 40.5 Å². The molecule has 0 bridgehead atoms. The molecule has 0 aliphatic carbocycles. The molecule has 1 aromatic heterocycles. The van der Waals surface area contributed by atoms with Gasteiger partial charge in [0.15, 0.2) is 0 Å². The van der Waals surface area contributed by atoms with Crippen LogP contribution in [0.1, 0.15) is 35.2 Å². The molecule has 11 nitrogen and oxygen atoms in total. The van der Waals surface area contributed by atoms with E-state index >= 15 is 0 Å². The zero-order valence-corrected chi connectivity index (χ0v) is 21.8. The minimum atomic E-state index is -1.16. The predicted octanol–water partition coefficient (Wildman–Crippen LogP) is 1.34. The topological polar surface area (TPSA) is 183 Å². The number of benzene rings is 2. The van der Waals surface area contributed by atoms with Gasteiger partial charge in [0.25, 0.3) is 5.91 Å². The van der Waals surface area contributed by atoms with Crippen LogP contribution in [0.4, 0.5) is 0 Å². The first-order chi connectivity index (χ1) is 18.6. The highest BCUT2D eigenvalue weighted by Crippen LogP contribution is 2.17. The summed E-state index contributed by atoms with van der Waals surface area (Å²) in [6.07, 6.45) is 1.38. The second kappa shape index (κ2) is 14.1. The van der Waals surface area contributed by atoms with Crippen LogP contribution >= 0.6 is 11.6 Å². The summed E-state index contributed by atoms with van der Waals surface area (Å²) in [7, 11) is 0. The molecule has 206 valence electrons. The van der Waals surface area contributed by atoms with Crippen molar-refractivity contribution in [3.8, 4) is 0 Å². The fraction of sp³-hybridized carbons (Fsp3) is 0.296. The minimum Gasteiger partial charge on any atom is -0.480 e. The summed E-state index contributed by atoms with van der Waals surface area (Å²) in [5.74, 6) is -2.63. The number of hydrogen-bond acceptors (Lipinski definition) is 6. The third-order valence-corrected chi connectivity index (χ3v) is 6.23. The number of carboxylic acid groups (broad SMARTS) is 1. The molecular formula is C27H30ClN5O6. The van der Waals surface area contributed by atoms with Crippen molar-refractivity contribution in [3.05, 3.63) is 81.1 Å². The number of fused-ring (bicyclic) bond motifs is 1. The van der Waals surface area contributed by atoms with Gasteiger partial charge in [0.05, 0.1) is 6.04 Å². The number of nitrogens with one attached hydrogen (secondary N) is 4. The summed E-state index contributed by atoms with van der Waals surface area (Å²) < 4.78 is 0. The molecule has 12 heteroatoms. The quantitative estimate of drug-likeness (QED) is 0.172. The van der Waals surface area contributed by atoms with Gasteiger partial charge in [0.1, 0.15) is 12.6 Å². The number of pyridine rings is 1. The van der Waals surface area contributed by atoms with Crippen LogP contribution in [0.5, 0.6) is 0 Å². The first-order valence-corrected chi connectivity index (χ1v) is 12.7. The first-order valence-electron chi connectivity index (χ1n) is 12.3. The van der Waals surface area contributed by atoms with Gasteiger partial charge in [-0.05, 0) is 55.2 Å². The largest absolute Gasteiger partial charge is 0.480 e. The lowest BCUT2D eigenvalue weighted by molar-refractivity contribution is -0.138. The van der Waals surface area contributed by atoms with Crippen molar-refractivity contribution in [2.24, 2.45) is 5.73 Å². The zero-order valence-electron chi connectivity index (χ0n) is 21.0. The van der Waals surface area contributed by atoms with E-state index in [-0.39, 0.29) is 18.5 Å². The Balaban J connectivity index is 1.65. The van der Waals surface area contributed by atoms with E-state index in [4.69, 9.17) is 22.4 Å². The van der Waals surface area contributed by atoms with Crippen molar-refractivity contribution < 1.29 is 24.3 Å². The summed E-state index contributed by atoms with van der Waals surface area (Å²) >= 11 is 5.92. The van der Waals surface area contributed by atoms with Crippen molar-refractivity contribution in [1.29, 1.82) is 0 Å². The summed E-state index contributed by atoms with van der Waals surface area (Å²) in [4.78, 5) is 63.4. The lowest BCUT2D eigenvalue weighted by Crippen LogP contribution is -2.48. The third-order valence-electron chi connectivity index (χ3n) is 5.98. The van der Waals surface area contributed by atoms with E-state index in [1.165, 1.54) is 6.07 Å². The number of aromatic nitrogens is 1. The molecule has 2 atom stereocenters. The van der Waals surface area contributed by atoms with E-state index < -0.39 is 42.3 Å². The Morgan fingerprint density at radius 1 is 0.974 bits per heavy atom. The Bertz CT molecular complexity index is 1390. The minimum absolute atomic E-state index is 0.0736. The van der Waals surface area contributed by atoms with E-state index in [2.05, 4.69) is 20.9 Å². The Labute approximate surface area is 229 Å². The van der Waals surface area contributed by atoms with Crippen LogP contribution in [0.2, 0.25) is 5.02 Å². The number of unbranched alkanes of at least 4 members (excludes halogenated alkanes) is 1. The maximum Gasteiger partial charge on any atom is 0.322 e. The van der Waals surface area contributed by atoms with Gasteiger partial charge in [-0.1, -0.05) is 29.8 Å². The van der Waals surface area contributed by atoms with Gasteiger partial charge in [-0.2, -0.15) is 0 Å². The summed E-state index contributed by atoms with van der Waals surface area (Å²) in [5.41, 5.74) is 7.00. The highest BCUT2D eigenvalue weighted by atomic mass is 35.5. The predicted molar refractivity (Wildman–Crippen MR) is 146 cm³/mol. The number of carbonyl (C=O) groups is 4. The monoisotopic (exact) mass is 555 g/mol. The molecule has 0 fully saturated rings. The maximum atomic E-state index is 13.2. The molecular weight excluding hydrogens is 526 g/mol.